The molecule has 3 atom stereocenters. The van der Waals surface area contributed by atoms with Gasteiger partial charge in [0.2, 0.25) is 0 Å². The van der Waals surface area contributed by atoms with Crippen LogP contribution in [0, 0.1) is 0 Å². The number of nitrogens with two attached hydrogens (primary N) is 1. The molecule has 12 heteroatoms. The minimum absolute atomic E-state index is 0.0815. The van der Waals surface area contributed by atoms with Crippen molar-refractivity contribution in [3.63, 3.8) is 0 Å². The second-order valence-corrected chi connectivity index (χ2v) is 13.8. The van der Waals surface area contributed by atoms with Crippen molar-refractivity contribution in [1.29, 1.82) is 0 Å². The van der Waals surface area contributed by atoms with Gasteiger partial charge in [0.05, 0.1) is 13.2 Å². The number of unbranched alkanes of at least 4 members (excludes halogenated alkanes) is 10. The van der Waals surface area contributed by atoms with E-state index < -0.39 is 51.1 Å². The molecule has 0 radical (unpaired) electrons. The van der Waals surface area contributed by atoms with Crippen molar-refractivity contribution in [2.75, 3.05) is 19.8 Å². The minimum Gasteiger partial charge on any atom is -0.480 e. The van der Waals surface area contributed by atoms with Crippen LogP contribution in [0.3, 0.4) is 0 Å². The summed E-state index contributed by atoms with van der Waals surface area (Å²) in [5, 5.41) is 8.85. The van der Waals surface area contributed by atoms with Crippen molar-refractivity contribution in [3.8, 4) is 0 Å². The van der Waals surface area contributed by atoms with Gasteiger partial charge in [-0.15, -0.1) is 0 Å². The van der Waals surface area contributed by atoms with Crippen LogP contribution in [0.25, 0.3) is 0 Å². The Morgan fingerprint density at radius 3 is 1.63 bits per heavy atom. The first kappa shape index (κ1) is 48.2. The predicted molar refractivity (Wildman–Crippen MR) is 203 cm³/mol. The average Bonchev–Trinajstić information content (AvgIpc) is 3.10. The smallest absolute Gasteiger partial charge is 0.472 e. The standard InChI is InChI=1S/C39H66NO10P/c1-3-5-7-9-11-13-15-16-17-18-19-20-21-23-25-27-29-31-38(42)50-35(33-48-51(45,46)49-34-36(40)39(43)44)32-47-37(41)30-28-26-24-22-14-12-10-8-6-4-2/h5,7,11,13,16-17,19-20,23,25,35-36H,3-4,6,8-10,12,14-15,18,21-22,24,26-34,40H2,1-2H3,(H,43,44)(H,45,46)/b7-5-,13-11-,17-16-,20-19-,25-23-/t35-,36+/m1/s1. The van der Waals surface area contributed by atoms with E-state index in [1.54, 1.807) is 0 Å². The van der Waals surface area contributed by atoms with Gasteiger partial charge in [0.25, 0.3) is 0 Å². The van der Waals surface area contributed by atoms with E-state index in [2.05, 4.69) is 67.0 Å². The highest BCUT2D eigenvalue weighted by molar-refractivity contribution is 7.47. The van der Waals surface area contributed by atoms with Gasteiger partial charge in [0.15, 0.2) is 6.10 Å². The van der Waals surface area contributed by atoms with Crippen LogP contribution in [0.2, 0.25) is 0 Å². The molecule has 0 fully saturated rings. The summed E-state index contributed by atoms with van der Waals surface area (Å²) in [6, 6.07) is -1.53. The van der Waals surface area contributed by atoms with Crippen LogP contribution in [-0.2, 0) is 37.5 Å². The van der Waals surface area contributed by atoms with E-state index in [9.17, 15) is 23.8 Å². The number of hydrogen-bond donors (Lipinski definition) is 3. The van der Waals surface area contributed by atoms with Gasteiger partial charge in [-0.2, -0.15) is 0 Å². The number of carboxylic acid groups (broad SMARTS) is 1. The summed E-state index contributed by atoms with van der Waals surface area (Å²) in [7, 11) is -4.72. The molecular formula is C39H66NO10P. The lowest BCUT2D eigenvalue weighted by atomic mass is 10.1. The summed E-state index contributed by atoms with van der Waals surface area (Å²) < 4.78 is 32.4. The first-order valence-corrected chi connectivity index (χ1v) is 20.3. The monoisotopic (exact) mass is 739 g/mol. The quantitative estimate of drug-likeness (QED) is 0.0249. The third-order valence-electron chi connectivity index (χ3n) is 7.53. The zero-order valence-corrected chi connectivity index (χ0v) is 32.1. The molecule has 0 spiro atoms. The molecule has 0 aromatic carbocycles. The van der Waals surface area contributed by atoms with Gasteiger partial charge in [-0.1, -0.05) is 132 Å². The van der Waals surface area contributed by atoms with Crippen LogP contribution in [0.4, 0.5) is 0 Å². The number of carbonyl (C=O) groups is 3. The molecule has 51 heavy (non-hydrogen) atoms. The molecule has 0 amide bonds. The average molecular weight is 740 g/mol. The van der Waals surface area contributed by atoms with Crippen molar-refractivity contribution in [3.05, 3.63) is 60.8 Å². The maximum absolute atomic E-state index is 12.5. The van der Waals surface area contributed by atoms with Crippen molar-refractivity contribution in [1.82, 2.24) is 0 Å². The topological polar surface area (TPSA) is 172 Å². The number of hydrogen-bond acceptors (Lipinski definition) is 9. The minimum atomic E-state index is -4.72. The first-order valence-electron chi connectivity index (χ1n) is 18.8. The zero-order chi connectivity index (χ0) is 37.8. The fourth-order valence-electron chi connectivity index (χ4n) is 4.57. The molecule has 292 valence electrons. The Kier molecular flexibility index (Phi) is 32.4. The van der Waals surface area contributed by atoms with Gasteiger partial charge in [0.1, 0.15) is 12.6 Å². The number of rotatable bonds is 34. The van der Waals surface area contributed by atoms with E-state index in [0.717, 1.165) is 51.4 Å². The molecule has 0 aliphatic heterocycles. The fourth-order valence-corrected chi connectivity index (χ4v) is 5.35. The van der Waals surface area contributed by atoms with E-state index in [0.29, 0.717) is 19.3 Å². The van der Waals surface area contributed by atoms with Gasteiger partial charge in [0, 0.05) is 12.8 Å². The molecule has 0 saturated carbocycles. The Labute approximate surface area is 307 Å². The molecule has 0 heterocycles. The molecule has 4 N–H and O–H groups in total. The Bertz CT molecular complexity index is 1100. The highest BCUT2D eigenvalue weighted by Crippen LogP contribution is 2.43. The molecule has 0 aliphatic carbocycles. The summed E-state index contributed by atoms with van der Waals surface area (Å²) >= 11 is 0. The van der Waals surface area contributed by atoms with E-state index in [-0.39, 0.29) is 19.4 Å². The van der Waals surface area contributed by atoms with Gasteiger partial charge < -0.3 is 25.2 Å². The fraction of sp³-hybridized carbons (Fsp3) is 0.667. The van der Waals surface area contributed by atoms with Gasteiger partial charge in [-0.3, -0.25) is 23.4 Å². The Morgan fingerprint density at radius 1 is 0.627 bits per heavy atom. The van der Waals surface area contributed by atoms with Crippen molar-refractivity contribution in [2.24, 2.45) is 5.73 Å². The SMILES string of the molecule is CC/C=C\C/C=C\C/C=C\C/C=C\C/C=C\CCCC(=O)O[C@H](COC(=O)CCCCCCCCCCCC)COP(=O)(O)OC[C@H](N)C(=O)O. The largest absolute Gasteiger partial charge is 0.480 e. The molecular weight excluding hydrogens is 673 g/mol. The number of esters is 2. The molecule has 0 aliphatic rings. The molecule has 0 saturated heterocycles. The predicted octanol–water partition coefficient (Wildman–Crippen LogP) is 9.22. The molecule has 11 nitrogen and oxygen atoms in total. The Morgan fingerprint density at radius 2 is 1.10 bits per heavy atom. The number of phosphoric acid groups is 1. The highest BCUT2D eigenvalue weighted by Gasteiger charge is 2.28. The van der Waals surface area contributed by atoms with Crippen molar-refractivity contribution < 1.29 is 47.5 Å². The van der Waals surface area contributed by atoms with Crippen molar-refractivity contribution >= 4 is 25.7 Å². The Balaban J connectivity index is 4.56. The molecule has 0 bridgehead atoms. The van der Waals surface area contributed by atoms with Crippen LogP contribution >= 0.6 is 7.82 Å². The van der Waals surface area contributed by atoms with E-state index in [1.165, 1.54) is 38.5 Å². The first-order chi connectivity index (χ1) is 24.6. The number of ether oxygens (including phenoxy) is 2. The summed E-state index contributed by atoms with van der Waals surface area (Å²) in [4.78, 5) is 45.7. The van der Waals surface area contributed by atoms with Crippen LogP contribution in [-0.4, -0.2) is 59.9 Å². The molecule has 0 rings (SSSR count). The Hall–Kier alpha value is -2.82. The van der Waals surface area contributed by atoms with Gasteiger partial charge >= 0.3 is 25.7 Å². The van der Waals surface area contributed by atoms with Crippen LogP contribution in [0.15, 0.2) is 60.8 Å². The van der Waals surface area contributed by atoms with Gasteiger partial charge in [-0.05, 0) is 51.4 Å². The molecule has 1 unspecified atom stereocenters. The van der Waals surface area contributed by atoms with Crippen LogP contribution in [0.5, 0.6) is 0 Å². The molecule has 0 aromatic rings. The van der Waals surface area contributed by atoms with Crippen LogP contribution in [0.1, 0.15) is 136 Å². The molecule has 0 aromatic heterocycles. The second-order valence-electron chi connectivity index (χ2n) is 12.3. The second kappa shape index (κ2) is 34.3. The number of carboxylic acids is 1. The lowest BCUT2D eigenvalue weighted by molar-refractivity contribution is -0.161. The zero-order valence-electron chi connectivity index (χ0n) is 31.2. The lowest BCUT2D eigenvalue weighted by Gasteiger charge is -2.20. The van der Waals surface area contributed by atoms with E-state index in [1.807, 2.05) is 12.2 Å². The lowest BCUT2D eigenvalue weighted by Crippen LogP contribution is -2.34. The summed E-state index contributed by atoms with van der Waals surface area (Å²) in [5.74, 6) is -2.46. The number of allylic oxidation sites excluding steroid dienone is 10. The van der Waals surface area contributed by atoms with E-state index in [4.69, 9.17) is 24.8 Å². The maximum atomic E-state index is 12.5. The summed E-state index contributed by atoms with van der Waals surface area (Å²) in [6.45, 7) is 2.58. The number of aliphatic carboxylic acids is 1. The third-order valence-corrected chi connectivity index (χ3v) is 8.48. The van der Waals surface area contributed by atoms with Crippen LogP contribution < -0.4 is 5.73 Å². The highest BCUT2D eigenvalue weighted by atomic mass is 31.2. The van der Waals surface area contributed by atoms with Crippen molar-refractivity contribution in [2.45, 2.75) is 148 Å². The van der Waals surface area contributed by atoms with Gasteiger partial charge in [-0.25, -0.2) is 4.57 Å². The van der Waals surface area contributed by atoms with E-state index >= 15 is 0 Å². The summed E-state index contributed by atoms with van der Waals surface area (Å²) in [6.07, 6.45) is 37.3. The number of phosphoric ester groups is 1. The normalized spacial score (nSPS) is 14.6. The third kappa shape index (κ3) is 34.1. The number of carbonyl (C=O) groups excluding carboxylic acids is 2. The summed E-state index contributed by atoms with van der Waals surface area (Å²) in [5.41, 5.74) is 5.31. The maximum Gasteiger partial charge on any atom is 0.472 e.